The van der Waals surface area contributed by atoms with Crippen molar-refractivity contribution in [2.45, 2.75) is 25.3 Å². The molecule has 0 radical (unpaired) electrons. The molecule has 2 aromatic rings. The molecule has 1 aliphatic heterocycles. The zero-order chi connectivity index (χ0) is 22.9. The molecule has 0 spiro atoms. The minimum atomic E-state index is -1.09. The van der Waals surface area contributed by atoms with Crippen LogP contribution in [0.15, 0.2) is 53.7 Å². The fourth-order valence-electron chi connectivity index (χ4n) is 3.74. The number of thioether (sulfide) groups is 1. The summed E-state index contributed by atoms with van der Waals surface area (Å²) >= 11 is 1.84. The smallest absolute Gasteiger partial charge is 0.326 e. The van der Waals surface area contributed by atoms with E-state index < -0.39 is 17.9 Å². The number of nitrogens with one attached hydrogen (secondary N) is 1. The van der Waals surface area contributed by atoms with Crippen LogP contribution in [0.25, 0.3) is 11.1 Å². The fraction of sp³-hybridized carbons (Fsp3) is 0.375. The third kappa shape index (κ3) is 6.03. The summed E-state index contributed by atoms with van der Waals surface area (Å²) in [5.74, 6) is 1.06. The third-order valence-corrected chi connectivity index (χ3v) is 6.49. The summed E-state index contributed by atoms with van der Waals surface area (Å²) < 4.78 is 5.41. The SMILES string of the molecule is CON=C(C(=O)N[C@@H](Cc1ccc(-c2ccccc2OC)cc1)C(=O)O)C1CCSCC1. The summed E-state index contributed by atoms with van der Waals surface area (Å²) in [7, 11) is 3.02. The standard InChI is InChI=1S/C24H28N2O5S/c1-30-21-6-4-3-5-19(21)17-9-7-16(8-10-17)15-20(24(28)29)25-23(27)22(26-31-2)18-11-13-32-14-12-18/h3-10,18,20H,11-15H2,1-2H3,(H,25,27)(H,28,29)/t20-/m0/s1. The third-order valence-electron chi connectivity index (χ3n) is 5.45. The number of para-hydroxylation sites is 1. The average molecular weight is 457 g/mol. The van der Waals surface area contributed by atoms with Gasteiger partial charge in [0, 0.05) is 17.9 Å². The number of oxime groups is 1. The number of hydrogen-bond donors (Lipinski definition) is 2. The number of rotatable bonds is 9. The zero-order valence-electron chi connectivity index (χ0n) is 18.2. The van der Waals surface area contributed by atoms with E-state index >= 15 is 0 Å². The molecular weight excluding hydrogens is 428 g/mol. The highest BCUT2D eigenvalue weighted by atomic mass is 32.2. The largest absolute Gasteiger partial charge is 0.496 e. The molecule has 0 unspecified atom stereocenters. The van der Waals surface area contributed by atoms with E-state index in [0.29, 0.717) is 0 Å². The maximum absolute atomic E-state index is 12.8. The number of carboxylic acid groups (broad SMARTS) is 1. The number of methoxy groups -OCH3 is 1. The molecule has 1 fully saturated rings. The molecule has 8 heteroatoms. The van der Waals surface area contributed by atoms with Crippen molar-refractivity contribution in [2.24, 2.45) is 11.1 Å². The van der Waals surface area contributed by atoms with Crippen LogP contribution in [0.2, 0.25) is 0 Å². The van der Waals surface area contributed by atoms with Crippen molar-refractivity contribution in [3.63, 3.8) is 0 Å². The highest BCUT2D eigenvalue weighted by Gasteiger charge is 2.29. The summed E-state index contributed by atoms with van der Waals surface area (Å²) in [6.45, 7) is 0. The van der Waals surface area contributed by atoms with Gasteiger partial charge >= 0.3 is 5.97 Å². The Morgan fingerprint density at radius 1 is 1.12 bits per heavy atom. The molecule has 1 heterocycles. The van der Waals surface area contributed by atoms with E-state index in [2.05, 4.69) is 10.5 Å². The monoisotopic (exact) mass is 456 g/mol. The summed E-state index contributed by atoms with van der Waals surface area (Å²) in [5.41, 5.74) is 2.99. The van der Waals surface area contributed by atoms with E-state index in [0.717, 1.165) is 46.8 Å². The van der Waals surface area contributed by atoms with Crippen LogP contribution in [-0.2, 0) is 20.8 Å². The molecule has 7 nitrogen and oxygen atoms in total. The molecular formula is C24H28N2O5S. The summed E-state index contributed by atoms with van der Waals surface area (Å²) in [5, 5.41) is 16.3. The topological polar surface area (TPSA) is 97.2 Å². The fourth-order valence-corrected chi connectivity index (χ4v) is 4.85. The van der Waals surface area contributed by atoms with E-state index in [-0.39, 0.29) is 18.1 Å². The first-order valence-electron chi connectivity index (χ1n) is 10.5. The Labute approximate surface area is 192 Å². The average Bonchev–Trinajstić information content (AvgIpc) is 2.83. The van der Waals surface area contributed by atoms with E-state index in [9.17, 15) is 14.7 Å². The molecule has 2 aromatic carbocycles. The molecule has 2 N–H and O–H groups in total. The van der Waals surface area contributed by atoms with E-state index in [1.165, 1.54) is 7.11 Å². The summed E-state index contributed by atoms with van der Waals surface area (Å²) in [6, 6.07) is 14.2. The Bertz CT molecular complexity index is 955. The van der Waals surface area contributed by atoms with Gasteiger partial charge in [-0.2, -0.15) is 11.8 Å². The van der Waals surface area contributed by atoms with E-state index in [1.54, 1.807) is 7.11 Å². The number of benzene rings is 2. The molecule has 1 amide bonds. The molecule has 0 aliphatic carbocycles. The number of amides is 1. The highest BCUT2D eigenvalue weighted by molar-refractivity contribution is 7.99. The van der Waals surface area contributed by atoms with Crippen LogP contribution in [0.4, 0.5) is 0 Å². The molecule has 0 saturated carbocycles. The number of hydrogen-bond acceptors (Lipinski definition) is 6. The van der Waals surface area contributed by atoms with Crippen molar-refractivity contribution in [2.75, 3.05) is 25.7 Å². The molecule has 0 bridgehead atoms. The Morgan fingerprint density at radius 2 is 1.81 bits per heavy atom. The van der Waals surface area contributed by atoms with Gasteiger partial charge in [0.25, 0.3) is 5.91 Å². The van der Waals surface area contributed by atoms with Crippen LogP contribution in [0.3, 0.4) is 0 Å². The predicted octanol–water partition coefficient (Wildman–Crippen LogP) is 3.62. The molecule has 32 heavy (non-hydrogen) atoms. The second-order valence-corrected chi connectivity index (χ2v) is 8.74. The van der Waals surface area contributed by atoms with Gasteiger partial charge in [-0.1, -0.05) is 47.6 Å². The quantitative estimate of drug-likeness (QED) is 0.442. The summed E-state index contributed by atoms with van der Waals surface area (Å²) in [4.78, 5) is 29.6. The minimum absolute atomic E-state index is 0.0224. The second-order valence-electron chi connectivity index (χ2n) is 7.51. The van der Waals surface area contributed by atoms with Crippen LogP contribution in [-0.4, -0.2) is 54.5 Å². The Balaban J connectivity index is 1.71. The molecule has 170 valence electrons. The molecule has 3 rings (SSSR count). The second kappa shape index (κ2) is 11.6. The Hall–Kier alpha value is -3.00. The van der Waals surface area contributed by atoms with E-state index in [1.807, 2.05) is 60.3 Å². The van der Waals surface area contributed by atoms with Crippen molar-refractivity contribution < 1.29 is 24.3 Å². The van der Waals surface area contributed by atoms with E-state index in [4.69, 9.17) is 9.57 Å². The van der Waals surface area contributed by atoms with Crippen LogP contribution in [0.1, 0.15) is 18.4 Å². The lowest BCUT2D eigenvalue weighted by molar-refractivity contribution is -0.141. The van der Waals surface area contributed by atoms with Crippen LogP contribution < -0.4 is 10.1 Å². The van der Waals surface area contributed by atoms with Gasteiger partial charge in [0.1, 0.15) is 24.6 Å². The first-order chi connectivity index (χ1) is 15.5. The van der Waals surface area contributed by atoms with Gasteiger partial charge in [-0.25, -0.2) is 4.79 Å². The van der Waals surface area contributed by atoms with Gasteiger partial charge in [0.05, 0.1) is 7.11 Å². The minimum Gasteiger partial charge on any atom is -0.496 e. The van der Waals surface area contributed by atoms with Crippen molar-refractivity contribution in [3.05, 3.63) is 54.1 Å². The zero-order valence-corrected chi connectivity index (χ0v) is 19.1. The molecule has 0 aromatic heterocycles. The first kappa shape index (κ1) is 23.7. The van der Waals surface area contributed by atoms with Crippen molar-refractivity contribution >= 4 is 29.4 Å². The lowest BCUT2D eigenvalue weighted by Gasteiger charge is -2.23. The number of aliphatic carboxylic acids is 1. The van der Waals surface area contributed by atoms with Crippen molar-refractivity contribution in [1.29, 1.82) is 0 Å². The molecule has 1 aliphatic rings. The van der Waals surface area contributed by atoms with Gasteiger partial charge < -0.3 is 20.0 Å². The van der Waals surface area contributed by atoms with Gasteiger partial charge in [0.2, 0.25) is 0 Å². The highest BCUT2D eigenvalue weighted by Crippen LogP contribution is 2.29. The molecule has 1 saturated heterocycles. The number of nitrogens with zero attached hydrogens (tertiary/aromatic N) is 1. The number of carbonyl (C=O) groups excluding carboxylic acids is 1. The number of carbonyl (C=O) groups is 2. The lowest BCUT2D eigenvalue weighted by Crippen LogP contribution is -2.47. The van der Waals surface area contributed by atoms with Gasteiger partial charge in [0.15, 0.2) is 0 Å². The summed E-state index contributed by atoms with van der Waals surface area (Å²) in [6.07, 6.45) is 1.80. The normalized spacial score (nSPS) is 15.6. The van der Waals surface area contributed by atoms with Crippen LogP contribution >= 0.6 is 11.8 Å². The number of carboxylic acids is 1. The first-order valence-corrected chi connectivity index (χ1v) is 11.6. The Kier molecular flexibility index (Phi) is 8.56. The maximum Gasteiger partial charge on any atom is 0.326 e. The van der Waals surface area contributed by atoms with Crippen LogP contribution in [0, 0.1) is 5.92 Å². The number of ether oxygens (including phenoxy) is 1. The van der Waals surface area contributed by atoms with Gasteiger partial charge in [-0.15, -0.1) is 0 Å². The maximum atomic E-state index is 12.8. The Morgan fingerprint density at radius 3 is 2.44 bits per heavy atom. The van der Waals surface area contributed by atoms with Gasteiger partial charge in [-0.3, -0.25) is 4.79 Å². The molecule has 1 atom stereocenters. The lowest BCUT2D eigenvalue weighted by atomic mass is 9.95. The predicted molar refractivity (Wildman–Crippen MR) is 126 cm³/mol. The van der Waals surface area contributed by atoms with Crippen molar-refractivity contribution in [1.82, 2.24) is 5.32 Å². The van der Waals surface area contributed by atoms with Crippen molar-refractivity contribution in [3.8, 4) is 16.9 Å². The van der Waals surface area contributed by atoms with Gasteiger partial charge in [-0.05, 0) is 41.5 Å². The van der Waals surface area contributed by atoms with Crippen LogP contribution in [0.5, 0.6) is 5.75 Å².